The highest BCUT2D eigenvalue weighted by Crippen LogP contribution is 2.32. The van der Waals surface area contributed by atoms with Crippen molar-refractivity contribution in [3.8, 4) is 0 Å². The zero-order chi connectivity index (χ0) is 11.6. The minimum absolute atomic E-state index is 0.0398. The molecule has 2 rings (SSSR count). The molecule has 0 aromatic rings. The molecule has 2 unspecified atom stereocenters. The van der Waals surface area contributed by atoms with Gasteiger partial charge in [-0.05, 0) is 45.4 Å². The number of aliphatic hydroxyl groups is 1. The van der Waals surface area contributed by atoms with Crippen LogP contribution in [0.4, 0.5) is 0 Å². The van der Waals surface area contributed by atoms with Gasteiger partial charge in [-0.15, -0.1) is 0 Å². The van der Waals surface area contributed by atoms with Gasteiger partial charge in [0.1, 0.15) is 0 Å². The number of rotatable bonds is 4. The van der Waals surface area contributed by atoms with Crippen molar-refractivity contribution in [1.29, 1.82) is 0 Å². The van der Waals surface area contributed by atoms with Crippen LogP contribution in [-0.4, -0.2) is 35.5 Å². The molecule has 0 bridgehead atoms. The summed E-state index contributed by atoms with van der Waals surface area (Å²) < 4.78 is 5.81. The third kappa shape index (κ3) is 2.76. The Kier molecular flexibility index (Phi) is 3.57. The van der Waals surface area contributed by atoms with Crippen molar-refractivity contribution in [2.24, 2.45) is 0 Å². The summed E-state index contributed by atoms with van der Waals surface area (Å²) in [5.41, 5.74) is -0.362. The fourth-order valence-corrected chi connectivity index (χ4v) is 2.65. The van der Waals surface area contributed by atoms with E-state index in [4.69, 9.17) is 4.74 Å². The summed E-state index contributed by atoms with van der Waals surface area (Å²) in [6, 6.07) is 0.517. The Labute approximate surface area is 98.6 Å². The van der Waals surface area contributed by atoms with Crippen molar-refractivity contribution < 1.29 is 9.84 Å². The molecule has 2 aliphatic rings. The fourth-order valence-electron chi connectivity index (χ4n) is 2.65. The Balaban J connectivity index is 1.77. The maximum absolute atomic E-state index is 10.0. The third-order valence-electron chi connectivity index (χ3n) is 4.35. The van der Waals surface area contributed by atoms with E-state index in [2.05, 4.69) is 19.2 Å². The lowest BCUT2D eigenvalue weighted by Gasteiger charge is -2.41. The molecule has 0 aromatic heterocycles. The van der Waals surface area contributed by atoms with E-state index >= 15 is 0 Å². The Morgan fingerprint density at radius 3 is 2.75 bits per heavy atom. The Morgan fingerprint density at radius 1 is 1.44 bits per heavy atom. The van der Waals surface area contributed by atoms with E-state index < -0.39 is 5.60 Å². The molecule has 1 saturated carbocycles. The predicted octanol–water partition coefficient (Wildman–Crippen LogP) is 1.84. The lowest BCUT2D eigenvalue weighted by molar-refractivity contribution is -0.0847. The van der Waals surface area contributed by atoms with Gasteiger partial charge in [-0.2, -0.15) is 0 Å². The first-order valence-corrected chi connectivity index (χ1v) is 6.65. The van der Waals surface area contributed by atoms with Gasteiger partial charge in [0.15, 0.2) is 0 Å². The molecule has 1 aliphatic heterocycles. The molecular weight excluding hydrogens is 202 g/mol. The zero-order valence-electron chi connectivity index (χ0n) is 10.6. The average Bonchev–Trinajstić information content (AvgIpc) is 2.24. The third-order valence-corrected chi connectivity index (χ3v) is 4.35. The molecular formula is C13H25NO2. The molecule has 1 heterocycles. The van der Waals surface area contributed by atoms with Crippen LogP contribution in [0.1, 0.15) is 52.4 Å². The number of hydrogen-bond donors (Lipinski definition) is 2. The van der Waals surface area contributed by atoms with Gasteiger partial charge in [-0.3, -0.25) is 0 Å². The van der Waals surface area contributed by atoms with Crippen LogP contribution in [0.3, 0.4) is 0 Å². The number of hydrogen-bond acceptors (Lipinski definition) is 3. The highest BCUT2D eigenvalue weighted by atomic mass is 16.5. The van der Waals surface area contributed by atoms with Gasteiger partial charge in [-0.1, -0.05) is 6.92 Å². The number of nitrogens with one attached hydrogen (secondary N) is 1. The molecule has 0 aromatic carbocycles. The second kappa shape index (κ2) is 4.63. The van der Waals surface area contributed by atoms with Crippen LogP contribution >= 0.6 is 0 Å². The van der Waals surface area contributed by atoms with Crippen molar-refractivity contribution in [1.82, 2.24) is 5.32 Å². The summed E-state index contributed by atoms with van der Waals surface area (Å²) in [6.45, 7) is 5.98. The van der Waals surface area contributed by atoms with E-state index in [1.165, 1.54) is 6.42 Å². The van der Waals surface area contributed by atoms with E-state index in [1.54, 1.807) is 0 Å². The van der Waals surface area contributed by atoms with Crippen molar-refractivity contribution in [3.63, 3.8) is 0 Å². The standard InChI is InChI=1S/C13H25NO2/c1-3-12(2)9-11(5-8-16-12)14-10-13(15)6-4-7-13/h11,14-15H,3-10H2,1-2H3. The summed E-state index contributed by atoms with van der Waals surface area (Å²) in [5.74, 6) is 0. The van der Waals surface area contributed by atoms with Crippen LogP contribution < -0.4 is 5.32 Å². The minimum atomic E-state index is -0.402. The summed E-state index contributed by atoms with van der Waals surface area (Å²) in [4.78, 5) is 0. The summed E-state index contributed by atoms with van der Waals surface area (Å²) in [7, 11) is 0. The molecule has 3 heteroatoms. The van der Waals surface area contributed by atoms with E-state index in [0.717, 1.165) is 45.3 Å². The molecule has 94 valence electrons. The van der Waals surface area contributed by atoms with Crippen LogP contribution in [0.25, 0.3) is 0 Å². The average molecular weight is 227 g/mol. The fraction of sp³-hybridized carbons (Fsp3) is 1.00. The first-order chi connectivity index (χ1) is 7.55. The Bertz CT molecular complexity index is 240. The van der Waals surface area contributed by atoms with Gasteiger partial charge in [0, 0.05) is 19.2 Å². The van der Waals surface area contributed by atoms with Crippen LogP contribution in [0, 0.1) is 0 Å². The summed E-state index contributed by atoms with van der Waals surface area (Å²) in [6.07, 6.45) is 6.32. The zero-order valence-corrected chi connectivity index (χ0v) is 10.6. The Morgan fingerprint density at radius 2 is 2.19 bits per heavy atom. The summed E-state index contributed by atoms with van der Waals surface area (Å²) >= 11 is 0. The van der Waals surface area contributed by atoms with Crippen molar-refractivity contribution in [3.05, 3.63) is 0 Å². The SMILES string of the molecule is CCC1(C)CC(NCC2(O)CCC2)CCO1. The largest absolute Gasteiger partial charge is 0.389 e. The van der Waals surface area contributed by atoms with Crippen LogP contribution in [0.2, 0.25) is 0 Å². The van der Waals surface area contributed by atoms with Gasteiger partial charge in [0.2, 0.25) is 0 Å². The second-order valence-corrected chi connectivity index (χ2v) is 5.80. The van der Waals surface area contributed by atoms with Gasteiger partial charge in [0.05, 0.1) is 11.2 Å². The molecule has 1 saturated heterocycles. The topological polar surface area (TPSA) is 41.5 Å². The van der Waals surface area contributed by atoms with Gasteiger partial charge in [0.25, 0.3) is 0 Å². The van der Waals surface area contributed by atoms with Gasteiger partial charge < -0.3 is 15.2 Å². The van der Waals surface area contributed by atoms with Crippen LogP contribution in [-0.2, 0) is 4.74 Å². The van der Waals surface area contributed by atoms with Gasteiger partial charge in [-0.25, -0.2) is 0 Å². The van der Waals surface area contributed by atoms with E-state index in [-0.39, 0.29) is 5.60 Å². The number of ether oxygens (including phenoxy) is 1. The highest BCUT2D eigenvalue weighted by Gasteiger charge is 2.36. The maximum Gasteiger partial charge on any atom is 0.0771 e. The van der Waals surface area contributed by atoms with E-state index in [0.29, 0.717) is 6.04 Å². The first kappa shape index (κ1) is 12.3. The molecule has 0 spiro atoms. The van der Waals surface area contributed by atoms with Crippen molar-refractivity contribution in [2.45, 2.75) is 69.6 Å². The molecule has 2 atom stereocenters. The summed E-state index contributed by atoms with van der Waals surface area (Å²) in [5, 5.41) is 13.6. The van der Waals surface area contributed by atoms with Crippen molar-refractivity contribution in [2.75, 3.05) is 13.2 Å². The maximum atomic E-state index is 10.0. The molecule has 0 amide bonds. The van der Waals surface area contributed by atoms with Gasteiger partial charge >= 0.3 is 0 Å². The lowest BCUT2D eigenvalue weighted by atomic mass is 9.80. The first-order valence-electron chi connectivity index (χ1n) is 6.65. The monoisotopic (exact) mass is 227 g/mol. The van der Waals surface area contributed by atoms with Crippen LogP contribution in [0.5, 0.6) is 0 Å². The van der Waals surface area contributed by atoms with Crippen LogP contribution in [0.15, 0.2) is 0 Å². The second-order valence-electron chi connectivity index (χ2n) is 5.80. The molecule has 3 nitrogen and oxygen atoms in total. The lowest BCUT2D eigenvalue weighted by Crippen LogP contribution is -2.52. The molecule has 0 radical (unpaired) electrons. The predicted molar refractivity (Wildman–Crippen MR) is 64.5 cm³/mol. The minimum Gasteiger partial charge on any atom is -0.389 e. The molecule has 2 N–H and O–H groups in total. The van der Waals surface area contributed by atoms with Crippen molar-refractivity contribution >= 4 is 0 Å². The molecule has 16 heavy (non-hydrogen) atoms. The quantitative estimate of drug-likeness (QED) is 0.770. The highest BCUT2D eigenvalue weighted by molar-refractivity contribution is 4.92. The molecule has 1 aliphatic carbocycles. The van der Waals surface area contributed by atoms with E-state index in [1.807, 2.05) is 0 Å². The normalized spacial score (nSPS) is 38.1. The Hall–Kier alpha value is -0.120. The van der Waals surface area contributed by atoms with E-state index in [9.17, 15) is 5.11 Å². The molecule has 2 fully saturated rings. The smallest absolute Gasteiger partial charge is 0.0771 e.